The van der Waals surface area contributed by atoms with Crippen LogP contribution in [0.3, 0.4) is 0 Å². The number of nitro benzene ring substituents is 1. The summed E-state index contributed by atoms with van der Waals surface area (Å²) < 4.78 is 17.5. The number of rotatable bonds is 6. The van der Waals surface area contributed by atoms with Gasteiger partial charge in [-0.05, 0) is 29.8 Å². The molecule has 2 aromatic rings. The van der Waals surface area contributed by atoms with Crippen LogP contribution in [0, 0.1) is 15.9 Å². The van der Waals surface area contributed by atoms with Gasteiger partial charge in [0.1, 0.15) is 5.82 Å². The quantitative estimate of drug-likeness (QED) is 0.445. The molecular weight excluding hydrogens is 361 g/mol. The molecule has 2 N–H and O–H groups in total. The zero-order valence-electron chi connectivity index (χ0n) is 13.8. The summed E-state index contributed by atoms with van der Waals surface area (Å²) in [5.74, 6) is -2.61. The van der Waals surface area contributed by atoms with Crippen molar-refractivity contribution in [3.05, 3.63) is 75.6 Å². The van der Waals surface area contributed by atoms with Crippen LogP contribution in [-0.2, 0) is 20.7 Å². The molecule has 9 nitrogen and oxygen atoms in total. The summed E-state index contributed by atoms with van der Waals surface area (Å²) in [6.45, 7) is -0.624. The fraction of sp³-hybridized carbons (Fsp3) is 0.118. The molecule has 0 atom stereocenters. The van der Waals surface area contributed by atoms with Gasteiger partial charge in [-0.1, -0.05) is 12.1 Å². The smallest absolute Gasteiger partial charge is 0.310 e. The number of benzene rings is 2. The SMILES string of the molecule is O=C(COC(=O)Cc1ccc(F)cc1)NNC(=O)c1ccc([N+](=O)[O-])cc1. The van der Waals surface area contributed by atoms with E-state index in [0.717, 1.165) is 12.1 Å². The van der Waals surface area contributed by atoms with Gasteiger partial charge in [0.05, 0.1) is 11.3 Å². The Bertz CT molecular complexity index is 852. The number of ether oxygens (including phenoxy) is 1. The molecule has 0 saturated heterocycles. The standard InChI is InChI=1S/C17H14FN3O6/c18-13-5-1-11(2-6-13)9-16(23)27-10-15(22)19-20-17(24)12-3-7-14(8-4-12)21(25)26/h1-8H,9-10H2,(H,19,22)(H,20,24). The van der Waals surface area contributed by atoms with Crippen molar-refractivity contribution < 1.29 is 28.4 Å². The highest BCUT2D eigenvalue weighted by atomic mass is 19.1. The molecule has 2 aromatic carbocycles. The molecule has 10 heteroatoms. The van der Waals surface area contributed by atoms with E-state index in [4.69, 9.17) is 4.74 Å². The minimum atomic E-state index is -0.780. The third-order valence-electron chi connectivity index (χ3n) is 3.28. The van der Waals surface area contributed by atoms with Crippen LogP contribution in [0.15, 0.2) is 48.5 Å². The second-order valence-electron chi connectivity index (χ2n) is 5.27. The molecule has 0 aromatic heterocycles. The monoisotopic (exact) mass is 375 g/mol. The van der Waals surface area contributed by atoms with E-state index in [0.29, 0.717) is 5.56 Å². The molecule has 0 bridgehead atoms. The number of carbonyl (C=O) groups is 3. The Balaban J connectivity index is 1.73. The van der Waals surface area contributed by atoms with Crippen LogP contribution >= 0.6 is 0 Å². The first-order valence-corrected chi connectivity index (χ1v) is 7.59. The number of hydrazine groups is 1. The molecule has 2 rings (SSSR count). The average molecular weight is 375 g/mol. The van der Waals surface area contributed by atoms with Crippen LogP contribution in [-0.4, -0.2) is 29.3 Å². The summed E-state index contributed by atoms with van der Waals surface area (Å²) in [4.78, 5) is 44.9. The Morgan fingerprint density at radius 1 is 1.00 bits per heavy atom. The summed E-state index contributed by atoms with van der Waals surface area (Å²) in [6.07, 6.45) is -0.136. The average Bonchev–Trinajstić information content (AvgIpc) is 2.66. The minimum absolute atomic E-state index is 0.0919. The van der Waals surface area contributed by atoms with E-state index in [-0.39, 0.29) is 17.7 Å². The number of amides is 2. The molecular formula is C17H14FN3O6. The molecule has 0 heterocycles. The van der Waals surface area contributed by atoms with Gasteiger partial charge in [0.15, 0.2) is 6.61 Å². The summed E-state index contributed by atoms with van der Waals surface area (Å²) in [5, 5.41) is 10.5. The highest BCUT2D eigenvalue weighted by Gasteiger charge is 2.12. The van der Waals surface area contributed by atoms with Gasteiger partial charge >= 0.3 is 5.97 Å². The predicted octanol–water partition coefficient (Wildman–Crippen LogP) is 1.28. The third kappa shape index (κ3) is 6.20. The minimum Gasteiger partial charge on any atom is -0.455 e. The Kier molecular flexibility index (Phi) is 6.53. The van der Waals surface area contributed by atoms with Gasteiger partial charge in [0.2, 0.25) is 0 Å². The predicted molar refractivity (Wildman–Crippen MR) is 89.8 cm³/mol. The second kappa shape index (κ2) is 9.04. The lowest BCUT2D eigenvalue weighted by Crippen LogP contribution is -2.43. The van der Waals surface area contributed by atoms with Gasteiger partial charge in [-0.3, -0.25) is 35.3 Å². The van der Waals surface area contributed by atoms with Gasteiger partial charge in [-0.25, -0.2) is 4.39 Å². The third-order valence-corrected chi connectivity index (χ3v) is 3.28. The Morgan fingerprint density at radius 2 is 1.63 bits per heavy atom. The zero-order valence-corrected chi connectivity index (χ0v) is 13.8. The second-order valence-corrected chi connectivity index (χ2v) is 5.27. The first-order chi connectivity index (χ1) is 12.8. The summed E-state index contributed by atoms with van der Waals surface area (Å²) in [7, 11) is 0. The van der Waals surface area contributed by atoms with Crippen molar-refractivity contribution in [2.45, 2.75) is 6.42 Å². The van der Waals surface area contributed by atoms with Crippen molar-refractivity contribution in [3.8, 4) is 0 Å². The van der Waals surface area contributed by atoms with Crippen molar-refractivity contribution in [2.75, 3.05) is 6.61 Å². The number of carbonyl (C=O) groups excluding carboxylic acids is 3. The number of non-ortho nitro benzene ring substituents is 1. The molecule has 0 aliphatic heterocycles. The molecule has 0 saturated carbocycles. The van der Waals surface area contributed by atoms with Crippen LogP contribution in [0.25, 0.3) is 0 Å². The van der Waals surface area contributed by atoms with Gasteiger partial charge in [0.25, 0.3) is 17.5 Å². The van der Waals surface area contributed by atoms with Crippen molar-refractivity contribution in [1.29, 1.82) is 0 Å². The molecule has 0 radical (unpaired) electrons. The first kappa shape index (κ1) is 19.5. The lowest BCUT2D eigenvalue weighted by atomic mass is 10.1. The van der Waals surface area contributed by atoms with E-state index in [9.17, 15) is 28.9 Å². The molecule has 2 amide bonds. The van der Waals surface area contributed by atoms with Crippen LogP contribution < -0.4 is 10.9 Å². The van der Waals surface area contributed by atoms with E-state index >= 15 is 0 Å². The van der Waals surface area contributed by atoms with E-state index in [1.807, 2.05) is 5.43 Å². The number of nitrogens with one attached hydrogen (secondary N) is 2. The maximum Gasteiger partial charge on any atom is 0.310 e. The Hall–Kier alpha value is -3.82. The Labute approximate surface area is 152 Å². The molecule has 140 valence electrons. The highest BCUT2D eigenvalue weighted by Crippen LogP contribution is 2.11. The lowest BCUT2D eigenvalue weighted by Gasteiger charge is -2.08. The molecule has 0 spiro atoms. The van der Waals surface area contributed by atoms with E-state index in [1.165, 1.54) is 36.4 Å². The van der Waals surface area contributed by atoms with E-state index < -0.39 is 35.1 Å². The van der Waals surface area contributed by atoms with Crippen LogP contribution in [0.1, 0.15) is 15.9 Å². The topological polar surface area (TPSA) is 128 Å². The van der Waals surface area contributed by atoms with Crippen molar-refractivity contribution in [1.82, 2.24) is 10.9 Å². The lowest BCUT2D eigenvalue weighted by molar-refractivity contribution is -0.384. The van der Waals surface area contributed by atoms with Gasteiger partial charge in [-0.15, -0.1) is 0 Å². The number of esters is 1. The number of halogens is 1. The maximum absolute atomic E-state index is 12.8. The molecule has 0 unspecified atom stereocenters. The Morgan fingerprint density at radius 3 is 2.22 bits per heavy atom. The molecule has 27 heavy (non-hydrogen) atoms. The van der Waals surface area contributed by atoms with E-state index in [1.54, 1.807) is 0 Å². The largest absolute Gasteiger partial charge is 0.455 e. The fourth-order valence-electron chi connectivity index (χ4n) is 1.94. The fourth-order valence-corrected chi connectivity index (χ4v) is 1.94. The first-order valence-electron chi connectivity index (χ1n) is 7.59. The van der Waals surface area contributed by atoms with E-state index in [2.05, 4.69) is 5.43 Å². The van der Waals surface area contributed by atoms with Gasteiger partial charge in [-0.2, -0.15) is 0 Å². The van der Waals surface area contributed by atoms with Crippen molar-refractivity contribution in [3.63, 3.8) is 0 Å². The van der Waals surface area contributed by atoms with Crippen molar-refractivity contribution >= 4 is 23.5 Å². The summed E-state index contributed by atoms with van der Waals surface area (Å²) in [6, 6.07) is 9.97. The molecule has 0 fully saturated rings. The normalized spacial score (nSPS) is 9.96. The number of nitro groups is 1. The van der Waals surface area contributed by atoms with Crippen LogP contribution in [0.2, 0.25) is 0 Å². The maximum atomic E-state index is 12.8. The van der Waals surface area contributed by atoms with Crippen molar-refractivity contribution in [2.24, 2.45) is 0 Å². The highest BCUT2D eigenvalue weighted by molar-refractivity contribution is 5.95. The van der Waals surface area contributed by atoms with Gasteiger partial charge in [0, 0.05) is 17.7 Å². The zero-order chi connectivity index (χ0) is 19.8. The number of hydrogen-bond donors (Lipinski definition) is 2. The summed E-state index contributed by atoms with van der Waals surface area (Å²) >= 11 is 0. The van der Waals surface area contributed by atoms with Gasteiger partial charge < -0.3 is 4.74 Å². The number of nitrogens with zero attached hydrogens (tertiary/aromatic N) is 1. The number of hydrogen-bond acceptors (Lipinski definition) is 6. The van der Waals surface area contributed by atoms with Crippen LogP contribution in [0.5, 0.6) is 0 Å². The molecule has 0 aliphatic rings. The summed E-state index contributed by atoms with van der Waals surface area (Å²) in [5.41, 5.74) is 4.57. The molecule has 0 aliphatic carbocycles. The van der Waals surface area contributed by atoms with Crippen LogP contribution in [0.4, 0.5) is 10.1 Å².